The predicted molar refractivity (Wildman–Crippen MR) is 114 cm³/mol. The van der Waals surface area contributed by atoms with Crippen LogP contribution in [0.25, 0.3) is 0 Å². The highest BCUT2D eigenvalue weighted by molar-refractivity contribution is 7.99. The molecule has 1 saturated heterocycles. The van der Waals surface area contributed by atoms with E-state index in [1.807, 2.05) is 18.4 Å². The summed E-state index contributed by atoms with van der Waals surface area (Å²) >= 11 is 1.66. The smallest absolute Gasteiger partial charge is 0.239 e. The quantitative estimate of drug-likeness (QED) is 0.412. The lowest BCUT2D eigenvalue weighted by Crippen LogP contribution is -2.68. The van der Waals surface area contributed by atoms with Crippen molar-refractivity contribution < 1.29 is 14.0 Å². The number of β-lactam (4-membered cyclic amide) rings is 1. The van der Waals surface area contributed by atoms with Crippen LogP contribution in [-0.4, -0.2) is 41.4 Å². The molecular formula is C22H33FN2O2S. The summed E-state index contributed by atoms with van der Waals surface area (Å²) in [6.07, 6.45) is 8.74. The summed E-state index contributed by atoms with van der Waals surface area (Å²) in [5.41, 5.74) is 0.872. The van der Waals surface area contributed by atoms with Gasteiger partial charge in [-0.15, -0.1) is 11.8 Å². The van der Waals surface area contributed by atoms with Crippen molar-refractivity contribution in [2.45, 2.75) is 64.2 Å². The van der Waals surface area contributed by atoms with E-state index < -0.39 is 0 Å². The highest BCUT2D eigenvalue weighted by atomic mass is 32.2. The number of likely N-dealkylation sites (tertiary alicyclic amines) is 1. The lowest BCUT2D eigenvalue weighted by atomic mass is 9.73. The van der Waals surface area contributed by atoms with E-state index in [1.165, 1.54) is 12.1 Å². The van der Waals surface area contributed by atoms with Gasteiger partial charge in [-0.05, 0) is 56.1 Å². The van der Waals surface area contributed by atoms with Crippen molar-refractivity contribution in [2.75, 3.05) is 19.3 Å². The Morgan fingerprint density at radius 1 is 1.14 bits per heavy atom. The number of nitrogens with zero attached hydrogens (tertiary/aromatic N) is 1. The molecule has 4 nitrogen and oxygen atoms in total. The second-order valence-corrected chi connectivity index (χ2v) is 8.44. The molecule has 1 atom stereocenters. The van der Waals surface area contributed by atoms with E-state index in [9.17, 15) is 14.0 Å². The molecule has 0 spiro atoms. The molecule has 0 bridgehead atoms. The van der Waals surface area contributed by atoms with E-state index in [0.717, 1.165) is 50.5 Å². The van der Waals surface area contributed by atoms with Crippen molar-refractivity contribution in [3.63, 3.8) is 0 Å². The molecule has 1 heterocycles. The van der Waals surface area contributed by atoms with E-state index in [1.54, 1.807) is 16.7 Å². The third-order valence-corrected chi connectivity index (χ3v) is 7.02. The van der Waals surface area contributed by atoms with Gasteiger partial charge in [0.25, 0.3) is 0 Å². The van der Waals surface area contributed by atoms with Crippen molar-refractivity contribution >= 4 is 23.6 Å². The largest absolute Gasteiger partial charge is 0.355 e. The molecular weight excluding hydrogens is 375 g/mol. The molecule has 1 fully saturated rings. The van der Waals surface area contributed by atoms with Gasteiger partial charge in [-0.1, -0.05) is 38.8 Å². The average molecular weight is 409 g/mol. The van der Waals surface area contributed by atoms with Crippen molar-refractivity contribution in [1.82, 2.24) is 10.2 Å². The Balaban J connectivity index is 1.59. The number of thioether (sulfide) groups is 1. The van der Waals surface area contributed by atoms with Gasteiger partial charge in [0.2, 0.25) is 11.8 Å². The number of unbranched alkanes of at least 4 members (excludes halogenated alkanes) is 3. The van der Waals surface area contributed by atoms with Gasteiger partial charge in [0.15, 0.2) is 0 Å². The lowest BCUT2D eigenvalue weighted by Gasteiger charge is -2.54. The van der Waals surface area contributed by atoms with E-state index in [-0.39, 0.29) is 35.0 Å². The first-order chi connectivity index (χ1) is 13.5. The Kier molecular flexibility index (Phi) is 8.80. The maximum absolute atomic E-state index is 12.9. The highest BCUT2D eigenvalue weighted by Gasteiger charge is 2.58. The summed E-state index contributed by atoms with van der Waals surface area (Å²) in [4.78, 5) is 26.5. The first-order valence-electron chi connectivity index (χ1n) is 10.3. The van der Waals surface area contributed by atoms with Crippen LogP contribution in [0.3, 0.4) is 0 Å². The first-order valence-corrected chi connectivity index (χ1v) is 11.6. The van der Waals surface area contributed by atoms with E-state index in [0.29, 0.717) is 6.54 Å². The average Bonchev–Trinajstić information content (AvgIpc) is 2.70. The van der Waals surface area contributed by atoms with Crippen LogP contribution in [0.4, 0.5) is 4.39 Å². The van der Waals surface area contributed by atoms with Crippen molar-refractivity contribution in [3.8, 4) is 0 Å². The van der Waals surface area contributed by atoms with Crippen LogP contribution < -0.4 is 5.32 Å². The van der Waals surface area contributed by atoms with Gasteiger partial charge in [-0.2, -0.15) is 0 Å². The molecule has 1 aliphatic rings. The number of halogens is 1. The summed E-state index contributed by atoms with van der Waals surface area (Å²) in [5.74, 6) is -0.148. The van der Waals surface area contributed by atoms with Crippen LogP contribution in [0.1, 0.15) is 57.9 Å². The fourth-order valence-electron chi connectivity index (χ4n) is 4.04. The molecule has 1 N–H and O–H groups in total. The van der Waals surface area contributed by atoms with Gasteiger partial charge < -0.3 is 10.2 Å². The number of nitrogens with one attached hydrogen (secondary N) is 1. The van der Waals surface area contributed by atoms with E-state index in [2.05, 4.69) is 19.2 Å². The summed E-state index contributed by atoms with van der Waals surface area (Å²) in [6.45, 7) is 4.92. The molecule has 1 aromatic carbocycles. The molecule has 0 radical (unpaired) electrons. The number of benzene rings is 1. The van der Waals surface area contributed by atoms with E-state index >= 15 is 0 Å². The first kappa shape index (κ1) is 22.7. The van der Waals surface area contributed by atoms with Crippen LogP contribution in [0.5, 0.6) is 0 Å². The molecule has 2 amide bonds. The number of carbonyl (C=O) groups excluding carboxylic acids is 2. The topological polar surface area (TPSA) is 49.4 Å². The number of amides is 2. The highest BCUT2D eigenvalue weighted by Crippen LogP contribution is 2.49. The zero-order chi connectivity index (χ0) is 20.6. The normalized spacial score (nSPS) is 18.1. The van der Waals surface area contributed by atoms with E-state index in [4.69, 9.17) is 0 Å². The third-order valence-electron chi connectivity index (χ3n) is 5.87. The second-order valence-electron chi connectivity index (χ2n) is 7.52. The molecule has 2 rings (SSSR count). The third kappa shape index (κ3) is 5.28. The van der Waals surface area contributed by atoms with Crippen molar-refractivity contribution in [1.29, 1.82) is 0 Å². The molecule has 0 aromatic heterocycles. The summed E-state index contributed by atoms with van der Waals surface area (Å²) < 4.78 is 12.9. The summed E-state index contributed by atoms with van der Waals surface area (Å²) in [7, 11) is 0. The van der Waals surface area contributed by atoms with Crippen LogP contribution in [0.2, 0.25) is 0 Å². The maximum atomic E-state index is 12.9. The van der Waals surface area contributed by atoms with Crippen LogP contribution in [0, 0.1) is 11.2 Å². The van der Waals surface area contributed by atoms with Gasteiger partial charge in [0, 0.05) is 6.54 Å². The number of hydrogen-bond donors (Lipinski definition) is 1. The molecule has 0 aliphatic carbocycles. The zero-order valence-corrected chi connectivity index (χ0v) is 18.1. The van der Waals surface area contributed by atoms with Crippen LogP contribution in [0.15, 0.2) is 24.3 Å². The Morgan fingerprint density at radius 3 is 2.39 bits per heavy atom. The molecule has 1 unspecified atom stereocenters. The second kappa shape index (κ2) is 10.8. The molecule has 0 saturated carbocycles. The Bertz CT molecular complexity index is 646. The maximum Gasteiger partial charge on any atom is 0.239 e. The Morgan fingerprint density at radius 2 is 1.79 bits per heavy atom. The summed E-state index contributed by atoms with van der Waals surface area (Å²) in [6, 6.07) is 6.67. The Hall–Kier alpha value is -1.56. The standard InChI is InChI=1S/C22H33FN2O2S/c1-4-22(5-2)20(27)25(21(22)28-3)16-19(26)24-15-9-7-6-8-10-17-11-13-18(23)14-12-17/h11-14,21H,4-10,15-16H2,1-3H3,(H,24,26). The summed E-state index contributed by atoms with van der Waals surface area (Å²) in [5, 5.41) is 3.05. The number of rotatable bonds is 12. The SMILES string of the molecule is CCC1(CC)C(=O)N(CC(=O)NCCCCCCc2ccc(F)cc2)C1SC. The molecule has 28 heavy (non-hydrogen) atoms. The fourth-order valence-corrected chi connectivity index (χ4v) is 5.35. The van der Waals surface area contributed by atoms with Gasteiger partial charge >= 0.3 is 0 Å². The molecule has 1 aromatic rings. The van der Waals surface area contributed by atoms with Crippen molar-refractivity contribution in [3.05, 3.63) is 35.6 Å². The van der Waals surface area contributed by atoms with Crippen molar-refractivity contribution in [2.24, 2.45) is 5.41 Å². The zero-order valence-electron chi connectivity index (χ0n) is 17.3. The fraction of sp³-hybridized carbons (Fsp3) is 0.636. The van der Waals surface area contributed by atoms with Crippen LogP contribution in [-0.2, 0) is 16.0 Å². The van der Waals surface area contributed by atoms with Gasteiger partial charge in [-0.25, -0.2) is 4.39 Å². The van der Waals surface area contributed by atoms with Gasteiger partial charge in [0.1, 0.15) is 12.4 Å². The van der Waals surface area contributed by atoms with Gasteiger partial charge in [0.05, 0.1) is 10.8 Å². The minimum Gasteiger partial charge on any atom is -0.355 e. The minimum absolute atomic E-state index is 0.0699. The lowest BCUT2D eigenvalue weighted by molar-refractivity contribution is -0.166. The Labute approximate surface area is 172 Å². The predicted octanol–water partition coefficient (Wildman–Crippen LogP) is 4.38. The van der Waals surface area contributed by atoms with Gasteiger partial charge in [-0.3, -0.25) is 9.59 Å². The molecule has 156 valence electrons. The minimum atomic E-state index is -0.287. The number of hydrogen-bond acceptors (Lipinski definition) is 3. The number of aryl methyl sites for hydroxylation is 1. The number of carbonyl (C=O) groups is 2. The molecule has 1 aliphatic heterocycles. The molecule has 6 heteroatoms. The monoisotopic (exact) mass is 408 g/mol. The van der Waals surface area contributed by atoms with Crippen LogP contribution >= 0.6 is 11.8 Å².